The van der Waals surface area contributed by atoms with Crippen LogP contribution in [0.25, 0.3) is 15.9 Å². The first-order chi connectivity index (χ1) is 17.3. The van der Waals surface area contributed by atoms with Crippen molar-refractivity contribution >= 4 is 27.5 Å². The molecule has 1 aromatic carbocycles. The number of aromatic nitrogens is 2. The number of rotatable bonds is 11. The Morgan fingerprint density at radius 3 is 2.66 bits per heavy atom. The normalized spacial score (nSPS) is 11.3. The lowest BCUT2D eigenvalue weighted by Gasteiger charge is -2.21. The zero-order chi connectivity index (χ0) is 23.9. The first-order valence-corrected chi connectivity index (χ1v) is 12.7. The third-order valence-corrected chi connectivity index (χ3v) is 7.07. The van der Waals surface area contributed by atoms with Gasteiger partial charge in [-0.25, -0.2) is 4.98 Å². The molecule has 0 aliphatic heterocycles. The highest BCUT2D eigenvalue weighted by Gasteiger charge is 2.20. The minimum atomic E-state index is -0.0569. The second kappa shape index (κ2) is 11.2. The summed E-state index contributed by atoms with van der Waals surface area (Å²) in [5, 5.41) is 4.12. The number of benzene rings is 1. The van der Waals surface area contributed by atoms with Gasteiger partial charge in [-0.05, 0) is 54.8 Å². The van der Waals surface area contributed by atoms with E-state index in [0.29, 0.717) is 11.4 Å². The fourth-order valence-electron chi connectivity index (χ4n) is 4.22. The number of nitrogens with zero attached hydrogens (tertiary/aromatic N) is 3. The van der Waals surface area contributed by atoms with E-state index < -0.39 is 0 Å². The Morgan fingerprint density at radius 2 is 1.86 bits per heavy atom. The molecule has 0 aliphatic carbocycles. The highest BCUT2D eigenvalue weighted by atomic mass is 32.1. The first-order valence-electron chi connectivity index (χ1n) is 11.9. The maximum absolute atomic E-state index is 13.2. The van der Waals surface area contributed by atoms with Crippen LogP contribution in [0.15, 0.2) is 96.0 Å². The van der Waals surface area contributed by atoms with Crippen LogP contribution in [0.4, 0.5) is 0 Å². The Balaban J connectivity index is 1.21. The third kappa shape index (κ3) is 5.70. The van der Waals surface area contributed by atoms with Crippen molar-refractivity contribution in [2.75, 3.05) is 19.6 Å². The molecule has 5 aromatic rings. The number of hydrogen-bond acceptors (Lipinski definition) is 5. The van der Waals surface area contributed by atoms with E-state index in [1.165, 1.54) is 16.9 Å². The van der Waals surface area contributed by atoms with Crippen LogP contribution in [0.5, 0.6) is 0 Å². The first kappa shape index (κ1) is 23.1. The average molecular weight is 485 g/mol. The molecule has 0 unspecified atom stereocenters. The van der Waals surface area contributed by atoms with Gasteiger partial charge in [0.1, 0.15) is 15.5 Å². The van der Waals surface area contributed by atoms with E-state index in [4.69, 9.17) is 4.42 Å². The molecular weight excluding hydrogens is 456 g/mol. The van der Waals surface area contributed by atoms with Gasteiger partial charge in [0.05, 0.1) is 18.5 Å². The summed E-state index contributed by atoms with van der Waals surface area (Å²) in [6.45, 7) is 3.16. The molecule has 0 spiro atoms. The van der Waals surface area contributed by atoms with Crippen LogP contribution in [0.1, 0.15) is 27.4 Å². The summed E-state index contributed by atoms with van der Waals surface area (Å²) in [7, 11) is 0. The van der Waals surface area contributed by atoms with Crippen LogP contribution in [-0.2, 0) is 13.0 Å². The van der Waals surface area contributed by atoms with Crippen LogP contribution in [-0.4, -0.2) is 40.0 Å². The van der Waals surface area contributed by atoms with E-state index in [9.17, 15) is 4.79 Å². The molecule has 5 rings (SSSR count). The van der Waals surface area contributed by atoms with Gasteiger partial charge in [-0.15, -0.1) is 11.3 Å². The molecule has 4 aromatic heterocycles. The molecule has 0 saturated heterocycles. The van der Waals surface area contributed by atoms with Crippen molar-refractivity contribution in [3.05, 3.63) is 108 Å². The second-order valence-corrected chi connectivity index (χ2v) is 9.43. The van der Waals surface area contributed by atoms with Crippen LogP contribution < -0.4 is 5.32 Å². The zero-order valence-electron chi connectivity index (χ0n) is 19.5. The minimum Gasteiger partial charge on any atom is -0.468 e. The standard InChI is InChI=1S/C28H28N4O2S/c33-27(26-25(32-17-4-5-18-32)24-12-6-14-30-28(24)35-26)29-15-8-16-31(21-23-11-7-20-34-23)19-13-22-9-2-1-3-10-22/h1-7,9-12,14,17-18,20H,8,13,15-16,19,21H2,(H,29,33). The molecule has 1 N–H and O–H groups in total. The molecule has 0 bridgehead atoms. The van der Waals surface area contributed by atoms with E-state index in [-0.39, 0.29) is 5.91 Å². The predicted molar refractivity (Wildman–Crippen MR) is 140 cm³/mol. The maximum atomic E-state index is 13.2. The fraction of sp³-hybridized carbons (Fsp3) is 0.214. The van der Waals surface area contributed by atoms with Crippen molar-refractivity contribution in [2.24, 2.45) is 0 Å². The number of pyridine rings is 1. The molecule has 6 nitrogen and oxygen atoms in total. The second-order valence-electron chi connectivity index (χ2n) is 8.43. The SMILES string of the molecule is O=C(NCCCN(CCc1ccccc1)Cc1ccco1)c1sc2ncccc2c1-n1cccc1. The van der Waals surface area contributed by atoms with Gasteiger partial charge in [-0.3, -0.25) is 9.69 Å². The van der Waals surface area contributed by atoms with Crippen molar-refractivity contribution < 1.29 is 9.21 Å². The smallest absolute Gasteiger partial charge is 0.263 e. The lowest BCUT2D eigenvalue weighted by molar-refractivity contribution is 0.0955. The highest BCUT2D eigenvalue weighted by molar-refractivity contribution is 7.21. The summed E-state index contributed by atoms with van der Waals surface area (Å²) in [4.78, 5) is 21.6. The van der Waals surface area contributed by atoms with Crippen molar-refractivity contribution in [2.45, 2.75) is 19.4 Å². The quantitative estimate of drug-likeness (QED) is 0.250. The minimum absolute atomic E-state index is 0.0569. The van der Waals surface area contributed by atoms with Gasteiger partial charge >= 0.3 is 0 Å². The Kier molecular flexibility index (Phi) is 7.36. The number of carbonyl (C=O) groups excluding carboxylic acids is 1. The van der Waals surface area contributed by atoms with Gasteiger partial charge in [-0.1, -0.05) is 30.3 Å². The van der Waals surface area contributed by atoms with Gasteiger partial charge in [0, 0.05) is 43.6 Å². The van der Waals surface area contributed by atoms with Crippen molar-refractivity contribution in [1.29, 1.82) is 0 Å². The van der Waals surface area contributed by atoms with Crippen molar-refractivity contribution in [3.63, 3.8) is 0 Å². The monoisotopic (exact) mass is 484 g/mol. The summed E-state index contributed by atoms with van der Waals surface area (Å²) in [5.74, 6) is 0.898. The number of hydrogen-bond donors (Lipinski definition) is 1. The predicted octanol–water partition coefficient (Wildman–Crippen LogP) is 5.54. The third-order valence-electron chi connectivity index (χ3n) is 5.96. The largest absolute Gasteiger partial charge is 0.468 e. The van der Waals surface area contributed by atoms with Crippen molar-refractivity contribution in [3.8, 4) is 5.69 Å². The van der Waals surface area contributed by atoms with E-state index >= 15 is 0 Å². The van der Waals surface area contributed by atoms with Gasteiger partial charge in [0.2, 0.25) is 0 Å². The summed E-state index contributed by atoms with van der Waals surface area (Å²) in [6, 6.07) is 22.3. The van der Waals surface area contributed by atoms with Crippen LogP contribution in [0.2, 0.25) is 0 Å². The topological polar surface area (TPSA) is 63.3 Å². The van der Waals surface area contributed by atoms with Gasteiger partial charge in [-0.2, -0.15) is 0 Å². The number of nitrogens with one attached hydrogen (secondary N) is 1. The van der Waals surface area contributed by atoms with E-state index in [2.05, 4.69) is 39.5 Å². The molecule has 7 heteroatoms. The number of thiophene rings is 1. The number of amides is 1. The Hall–Kier alpha value is -3.68. The molecule has 0 saturated carbocycles. The molecule has 1 amide bonds. The van der Waals surface area contributed by atoms with E-state index in [1.807, 2.05) is 59.4 Å². The van der Waals surface area contributed by atoms with Gasteiger partial charge < -0.3 is 14.3 Å². The van der Waals surface area contributed by atoms with Crippen molar-refractivity contribution in [1.82, 2.24) is 19.8 Å². The van der Waals surface area contributed by atoms with E-state index in [0.717, 1.165) is 54.1 Å². The molecule has 35 heavy (non-hydrogen) atoms. The number of carbonyl (C=O) groups is 1. The van der Waals surface area contributed by atoms with Crippen LogP contribution >= 0.6 is 11.3 Å². The Labute approximate surface area is 208 Å². The lowest BCUT2D eigenvalue weighted by Crippen LogP contribution is -2.31. The Morgan fingerprint density at radius 1 is 1.00 bits per heavy atom. The molecule has 178 valence electrons. The molecule has 4 heterocycles. The average Bonchev–Trinajstić information content (AvgIpc) is 3.66. The van der Waals surface area contributed by atoms with E-state index in [1.54, 1.807) is 12.5 Å². The Bertz CT molecular complexity index is 1340. The summed E-state index contributed by atoms with van der Waals surface area (Å²) in [5.41, 5.74) is 2.21. The van der Waals surface area contributed by atoms with Crippen LogP contribution in [0.3, 0.4) is 0 Å². The number of furan rings is 1. The van der Waals surface area contributed by atoms with Crippen LogP contribution in [0, 0.1) is 0 Å². The fourth-order valence-corrected chi connectivity index (χ4v) is 5.28. The molecule has 0 aliphatic rings. The number of fused-ring (bicyclic) bond motifs is 1. The summed E-state index contributed by atoms with van der Waals surface area (Å²) < 4.78 is 7.57. The molecule has 0 radical (unpaired) electrons. The lowest BCUT2D eigenvalue weighted by atomic mass is 10.1. The summed E-state index contributed by atoms with van der Waals surface area (Å²) >= 11 is 1.44. The summed E-state index contributed by atoms with van der Waals surface area (Å²) in [6.07, 6.45) is 9.23. The molecule has 0 fully saturated rings. The van der Waals surface area contributed by atoms with Gasteiger partial charge in [0.15, 0.2) is 0 Å². The molecular formula is C28H28N4O2S. The van der Waals surface area contributed by atoms with Gasteiger partial charge in [0.25, 0.3) is 5.91 Å². The molecule has 0 atom stereocenters. The highest BCUT2D eigenvalue weighted by Crippen LogP contribution is 2.33. The maximum Gasteiger partial charge on any atom is 0.263 e. The zero-order valence-corrected chi connectivity index (χ0v) is 20.3.